The third-order valence-corrected chi connectivity index (χ3v) is 6.59. The molecule has 0 amide bonds. The Labute approximate surface area is 133 Å². The summed E-state index contributed by atoms with van der Waals surface area (Å²) >= 11 is 0. The van der Waals surface area contributed by atoms with E-state index in [1.54, 1.807) is 13.0 Å². The van der Waals surface area contributed by atoms with Gasteiger partial charge in [-0.3, -0.25) is 0 Å². The lowest BCUT2D eigenvalue weighted by atomic mass is 9.49. The number of carbonyl (C=O) groups excluding carboxylic acids is 1. The highest BCUT2D eigenvalue weighted by Gasteiger charge is 2.57. The van der Waals surface area contributed by atoms with Gasteiger partial charge in [-0.1, -0.05) is 19.9 Å². The first-order chi connectivity index (χ1) is 10.3. The molecule has 3 heteroatoms. The second-order valence-corrected chi connectivity index (χ2v) is 7.74. The van der Waals surface area contributed by atoms with E-state index in [-0.39, 0.29) is 16.6 Å². The molecule has 120 valence electrons. The summed E-state index contributed by atoms with van der Waals surface area (Å²) in [5.74, 6) is 0.624. The maximum atomic E-state index is 11.6. The first-order valence-corrected chi connectivity index (χ1v) is 8.30. The largest absolute Gasteiger partial charge is 0.508 e. The van der Waals surface area contributed by atoms with Crippen LogP contribution >= 0.6 is 0 Å². The summed E-state index contributed by atoms with van der Waals surface area (Å²) in [6.07, 6.45) is 3.65. The normalized spacial score (nSPS) is 34.3. The van der Waals surface area contributed by atoms with Crippen molar-refractivity contribution in [1.29, 1.82) is 0 Å². The van der Waals surface area contributed by atoms with E-state index in [1.165, 1.54) is 11.1 Å². The molecule has 3 rings (SSSR count). The highest BCUT2D eigenvalue weighted by atomic mass is 16.3. The lowest BCUT2D eigenvalue weighted by molar-refractivity contribution is -0.119. The van der Waals surface area contributed by atoms with Crippen molar-refractivity contribution in [2.75, 3.05) is 13.6 Å². The summed E-state index contributed by atoms with van der Waals surface area (Å²) in [6, 6.07) is 6.31. The minimum Gasteiger partial charge on any atom is -0.508 e. The van der Waals surface area contributed by atoms with Crippen LogP contribution < -0.4 is 0 Å². The van der Waals surface area contributed by atoms with Gasteiger partial charge >= 0.3 is 0 Å². The predicted molar refractivity (Wildman–Crippen MR) is 88.2 cm³/mol. The number of fused-ring (bicyclic) bond motifs is 4. The Morgan fingerprint density at radius 1 is 1.41 bits per heavy atom. The van der Waals surface area contributed by atoms with E-state index in [4.69, 9.17) is 0 Å². The molecule has 1 aromatic carbocycles. The molecule has 1 aromatic rings. The van der Waals surface area contributed by atoms with Crippen molar-refractivity contribution in [3.8, 4) is 5.75 Å². The van der Waals surface area contributed by atoms with Crippen LogP contribution in [0.1, 0.15) is 51.2 Å². The monoisotopic (exact) mass is 301 g/mol. The standard InChI is InChI=1S/C19H27NO2/c1-13(21)7-8-19(3)17-11-14-5-6-15(22)12-16(14)18(19,2)9-10-20(17)4/h5-6,12,17,22H,7-11H2,1-4H3/t17?,18-,19-/m1/s1. The molecule has 0 aromatic heterocycles. The van der Waals surface area contributed by atoms with Gasteiger partial charge in [-0.2, -0.15) is 0 Å². The van der Waals surface area contributed by atoms with Crippen LogP contribution in [0.5, 0.6) is 5.75 Å². The fraction of sp³-hybridized carbons (Fsp3) is 0.632. The predicted octanol–water partition coefficient (Wildman–Crippen LogP) is 3.29. The van der Waals surface area contributed by atoms with Crippen LogP contribution in [0.4, 0.5) is 0 Å². The highest BCUT2D eigenvalue weighted by Crippen LogP contribution is 2.58. The molecule has 2 bridgehead atoms. The zero-order valence-electron chi connectivity index (χ0n) is 14.1. The molecule has 1 heterocycles. The number of likely N-dealkylation sites (N-methyl/N-ethyl adjacent to an activating group) is 1. The van der Waals surface area contributed by atoms with Gasteiger partial charge in [0.1, 0.15) is 11.5 Å². The smallest absolute Gasteiger partial charge is 0.129 e. The van der Waals surface area contributed by atoms with Crippen molar-refractivity contribution in [1.82, 2.24) is 4.90 Å². The maximum absolute atomic E-state index is 11.6. The molecule has 1 fully saturated rings. The van der Waals surface area contributed by atoms with Crippen LogP contribution in [0.3, 0.4) is 0 Å². The summed E-state index contributed by atoms with van der Waals surface area (Å²) in [4.78, 5) is 14.1. The zero-order valence-corrected chi connectivity index (χ0v) is 14.1. The number of benzene rings is 1. The summed E-state index contributed by atoms with van der Waals surface area (Å²) in [7, 11) is 2.21. The van der Waals surface area contributed by atoms with Gasteiger partial charge < -0.3 is 14.8 Å². The molecule has 2 aliphatic rings. The topological polar surface area (TPSA) is 40.5 Å². The molecular formula is C19H27NO2. The van der Waals surface area contributed by atoms with Gasteiger partial charge in [0.2, 0.25) is 0 Å². The first-order valence-electron chi connectivity index (χ1n) is 8.30. The summed E-state index contributed by atoms with van der Waals surface area (Å²) in [6.45, 7) is 7.45. The number of ketones is 1. The molecule has 0 radical (unpaired) electrons. The molecule has 22 heavy (non-hydrogen) atoms. The third kappa shape index (κ3) is 2.10. The number of aromatic hydroxyl groups is 1. The van der Waals surface area contributed by atoms with E-state index in [0.717, 1.165) is 25.8 Å². The van der Waals surface area contributed by atoms with Gasteiger partial charge in [0, 0.05) is 17.9 Å². The Bertz CT molecular complexity index is 611. The van der Waals surface area contributed by atoms with Crippen molar-refractivity contribution in [2.45, 2.75) is 57.9 Å². The highest BCUT2D eigenvalue weighted by molar-refractivity contribution is 5.75. The summed E-state index contributed by atoms with van der Waals surface area (Å²) < 4.78 is 0. The van der Waals surface area contributed by atoms with Crippen molar-refractivity contribution in [3.63, 3.8) is 0 Å². The van der Waals surface area contributed by atoms with E-state index >= 15 is 0 Å². The van der Waals surface area contributed by atoms with Crippen LogP contribution in [0.15, 0.2) is 18.2 Å². The number of phenols is 1. The van der Waals surface area contributed by atoms with Crippen LogP contribution in [0.2, 0.25) is 0 Å². The second-order valence-electron chi connectivity index (χ2n) is 7.74. The zero-order chi connectivity index (χ0) is 16.1. The number of rotatable bonds is 3. The lowest BCUT2D eigenvalue weighted by Crippen LogP contribution is -2.64. The van der Waals surface area contributed by atoms with E-state index in [9.17, 15) is 9.90 Å². The lowest BCUT2D eigenvalue weighted by Gasteiger charge is -2.62. The van der Waals surface area contributed by atoms with Crippen LogP contribution in [-0.4, -0.2) is 35.4 Å². The summed E-state index contributed by atoms with van der Waals surface area (Å²) in [5.41, 5.74) is 2.73. The molecule has 3 nitrogen and oxygen atoms in total. The Morgan fingerprint density at radius 3 is 2.82 bits per heavy atom. The quantitative estimate of drug-likeness (QED) is 0.931. The number of likely N-dealkylation sites (tertiary alicyclic amines) is 1. The molecule has 1 aliphatic carbocycles. The molecule has 0 spiro atoms. The van der Waals surface area contributed by atoms with Gasteiger partial charge in [0.15, 0.2) is 0 Å². The van der Waals surface area contributed by atoms with Crippen LogP contribution in [0, 0.1) is 5.41 Å². The Hall–Kier alpha value is -1.35. The molecule has 1 aliphatic heterocycles. The SMILES string of the molecule is CC(=O)CC[C@]1(C)C2Cc3ccc(O)cc3[C@@]1(C)CCN2C. The molecule has 3 atom stereocenters. The number of nitrogens with zero attached hydrogens (tertiary/aromatic N) is 1. The third-order valence-electron chi connectivity index (χ3n) is 6.59. The van der Waals surface area contributed by atoms with Crippen molar-refractivity contribution >= 4 is 5.78 Å². The van der Waals surface area contributed by atoms with Crippen LogP contribution in [-0.2, 0) is 16.6 Å². The fourth-order valence-corrected chi connectivity index (χ4v) is 4.86. The number of phenolic OH excluding ortho intramolecular Hbond substituents is 1. The Balaban J connectivity index is 2.12. The van der Waals surface area contributed by atoms with E-state index in [2.05, 4.69) is 31.9 Å². The fourth-order valence-electron chi connectivity index (χ4n) is 4.86. The van der Waals surface area contributed by atoms with Gasteiger partial charge in [0.05, 0.1) is 0 Å². The number of hydrogen-bond acceptors (Lipinski definition) is 3. The van der Waals surface area contributed by atoms with Crippen LogP contribution in [0.25, 0.3) is 0 Å². The van der Waals surface area contributed by atoms with E-state index < -0.39 is 0 Å². The number of piperidine rings is 1. The number of Topliss-reactive ketones (excluding diaryl/α,β-unsaturated/α-hetero) is 1. The average molecular weight is 301 g/mol. The molecule has 1 N–H and O–H groups in total. The van der Waals surface area contributed by atoms with E-state index in [1.807, 2.05) is 6.07 Å². The molecule has 1 unspecified atom stereocenters. The van der Waals surface area contributed by atoms with Crippen molar-refractivity contribution < 1.29 is 9.90 Å². The van der Waals surface area contributed by atoms with Gasteiger partial charge in [-0.25, -0.2) is 0 Å². The minimum atomic E-state index is 0.0198. The maximum Gasteiger partial charge on any atom is 0.129 e. The second kappa shape index (κ2) is 5.09. The number of hydrogen-bond donors (Lipinski definition) is 1. The van der Waals surface area contributed by atoms with E-state index in [0.29, 0.717) is 18.2 Å². The van der Waals surface area contributed by atoms with Crippen molar-refractivity contribution in [2.24, 2.45) is 5.41 Å². The Kier molecular flexibility index (Phi) is 3.59. The van der Waals surface area contributed by atoms with Crippen molar-refractivity contribution in [3.05, 3.63) is 29.3 Å². The minimum absolute atomic E-state index is 0.0198. The first kappa shape index (κ1) is 15.5. The Morgan fingerprint density at radius 2 is 2.14 bits per heavy atom. The van der Waals surface area contributed by atoms with Gasteiger partial charge in [-0.05, 0) is 68.5 Å². The molecular weight excluding hydrogens is 274 g/mol. The average Bonchev–Trinajstić information content (AvgIpc) is 2.46. The van der Waals surface area contributed by atoms with Gasteiger partial charge in [0.25, 0.3) is 0 Å². The van der Waals surface area contributed by atoms with Gasteiger partial charge in [-0.15, -0.1) is 0 Å². The molecule has 0 saturated carbocycles. The number of carbonyl (C=O) groups is 1. The summed E-state index contributed by atoms with van der Waals surface area (Å²) in [5, 5.41) is 9.98. The molecule has 1 saturated heterocycles.